The molecule has 0 aliphatic heterocycles. The van der Waals surface area contributed by atoms with Crippen LogP contribution >= 0.6 is 0 Å². The number of anilines is 1. The van der Waals surface area contributed by atoms with Gasteiger partial charge < -0.3 is 10.2 Å². The molecule has 1 rings (SSSR count). The summed E-state index contributed by atoms with van der Waals surface area (Å²) in [5, 5.41) is 10.6. The third-order valence-corrected chi connectivity index (χ3v) is 2.16. The largest absolute Gasteiger partial charge is 0.357 e. The van der Waals surface area contributed by atoms with Crippen molar-refractivity contribution in [3.8, 4) is 0 Å². The van der Waals surface area contributed by atoms with Crippen LogP contribution in [0.4, 0.5) is 5.82 Å². The van der Waals surface area contributed by atoms with Crippen molar-refractivity contribution in [3.63, 3.8) is 0 Å². The second kappa shape index (κ2) is 5.29. The Hall–Kier alpha value is -1.65. The molecule has 0 spiro atoms. The predicted octanol–water partition coefficient (Wildman–Crippen LogP) is 0.755. The van der Waals surface area contributed by atoms with Crippen LogP contribution in [0.2, 0.25) is 0 Å². The quantitative estimate of drug-likeness (QED) is 0.793. The van der Waals surface area contributed by atoms with Gasteiger partial charge >= 0.3 is 0 Å². The second-order valence-corrected chi connectivity index (χ2v) is 3.33. The molecule has 15 heavy (non-hydrogen) atoms. The number of carbonyl (C=O) groups is 1. The highest BCUT2D eigenvalue weighted by Crippen LogP contribution is 2.02. The monoisotopic (exact) mass is 208 g/mol. The van der Waals surface area contributed by atoms with Gasteiger partial charge in [-0.3, -0.25) is 4.79 Å². The molecular formula is C10H16N4O. The van der Waals surface area contributed by atoms with Crippen LogP contribution in [-0.2, 0) is 4.79 Å². The van der Waals surface area contributed by atoms with Crippen molar-refractivity contribution in [3.05, 3.63) is 18.3 Å². The van der Waals surface area contributed by atoms with E-state index in [1.807, 2.05) is 13.8 Å². The van der Waals surface area contributed by atoms with E-state index in [0.717, 1.165) is 0 Å². The molecule has 0 radical (unpaired) electrons. The van der Waals surface area contributed by atoms with Crippen LogP contribution < -0.4 is 5.32 Å². The number of carbonyl (C=O) groups excluding carboxylic acids is 1. The van der Waals surface area contributed by atoms with E-state index >= 15 is 0 Å². The maximum Gasteiger partial charge on any atom is 0.244 e. The molecule has 0 aliphatic carbocycles. The van der Waals surface area contributed by atoms with Crippen LogP contribution in [0, 0.1) is 0 Å². The molecule has 1 amide bonds. The molecule has 0 saturated carbocycles. The number of hydrogen-bond donors (Lipinski definition) is 1. The highest BCUT2D eigenvalue weighted by Gasteiger charge is 2.16. The highest BCUT2D eigenvalue weighted by molar-refractivity contribution is 5.83. The average Bonchev–Trinajstić information content (AvgIpc) is 2.28. The van der Waals surface area contributed by atoms with E-state index in [4.69, 9.17) is 0 Å². The van der Waals surface area contributed by atoms with Gasteiger partial charge in [0.05, 0.1) is 0 Å². The van der Waals surface area contributed by atoms with Crippen LogP contribution in [0.15, 0.2) is 18.3 Å². The number of hydrogen-bond acceptors (Lipinski definition) is 4. The minimum Gasteiger partial charge on any atom is -0.357 e. The normalized spacial score (nSPS) is 11.9. The molecule has 0 aromatic carbocycles. The third-order valence-electron chi connectivity index (χ3n) is 2.16. The van der Waals surface area contributed by atoms with Gasteiger partial charge in [-0.1, -0.05) is 0 Å². The first-order chi connectivity index (χ1) is 7.15. The fraction of sp³-hybridized carbons (Fsp3) is 0.500. The molecular weight excluding hydrogens is 192 g/mol. The van der Waals surface area contributed by atoms with Crippen LogP contribution in [0.3, 0.4) is 0 Å². The van der Waals surface area contributed by atoms with E-state index in [-0.39, 0.29) is 11.9 Å². The Bertz CT molecular complexity index is 314. The SMILES string of the molecule is CCN(C)C(=O)C(C)Nc1cccnn1. The van der Waals surface area contributed by atoms with E-state index in [0.29, 0.717) is 12.4 Å². The lowest BCUT2D eigenvalue weighted by atomic mass is 10.3. The molecule has 1 atom stereocenters. The summed E-state index contributed by atoms with van der Waals surface area (Å²) in [6.07, 6.45) is 1.59. The maximum atomic E-state index is 11.7. The number of likely N-dealkylation sites (N-methyl/N-ethyl adjacent to an activating group) is 1. The smallest absolute Gasteiger partial charge is 0.244 e. The van der Waals surface area contributed by atoms with Gasteiger partial charge in [0.25, 0.3) is 0 Å². The van der Waals surface area contributed by atoms with Gasteiger partial charge in [0.1, 0.15) is 11.9 Å². The summed E-state index contributed by atoms with van der Waals surface area (Å²) >= 11 is 0. The van der Waals surface area contributed by atoms with Crippen molar-refractivity contribution in [2.24, 2.45) is 0 Å². The summed E-state index contributed by atoms with van der Waals surface area (Å²) < 4.78 is 0. The van der Waals surface area contributed by atoms with Crippen molar-refractivity contribution < 1.29 is 4.79 Å². The molecule has 1 N–H and O–H groups in total. The zero-order chi connectivity index (χ0) is 11.3. The molecule has 5 heteroatoms. The van der Waals surface area contributed by atoms with Gasteiger partial charge in [-0.2, -0.15) is 5.10 Å². The third kappa shape index (κ3) is 3.19. The standard InChI is InChI=1S/C10H16N4O/c1-4-14(3)10(15)8(2)12-9-6-5-7-11-13-9/h5-8H,4H2,1-3H3,(H,12,13). The second-order valence-electron chi connectivity index (χ2n) is 3.33. The Balaban J connectivity index is 2.56. The highest BCUT2D eigenvalue weighted by atomic mass is 16.2. The molecule has 1 unspecified atom stereocenters. The summed E-state index contributed by atoms with van der Waals surface area (Å²) in [6.45, 7) is 4.45. The lowest BCUT2D eigenvalue weighted by Crippen LogP contribution is -2.39. The van der Waals surface area contributed by atoms with Gasteiger partial charge in [0.15, 0.2) is 0 Å². The Morgan fingerprint density at radius 3 is 2.93 bits per heavy atom. The van der Waals surface area contributed by atoms with Crippen molar-refractivity contribution in [1.82, 2.24) is 15.1 Å². The average molecular weight is 208 g/mol. The Kier molecular flexibility index (Phi) is 4.03. The van der Waals surface area contributed by atoms with E-state index < -0.39 is 0 Å². The van der Waals surface area contributed by atoms with Gasteiger partial charge in [-0.05, 0) is 26.0 Å². The molecule has 1 aromatic heterocycles. The summed E-state index contributed by atoms with van der Waals surface area (Å²) in [6, 6.07) is 3.27. The molecule has 0 saturated heterocycles. The number of aromatic nitrogens is 2. The topological polar surface area (TPSA) is 58.1 Å². The predicted molar refractivity (Wildman–Crippen MR) is 58.4 cm³/mol. The van der Waals surface area contributed by atoms with Crippen molar-refractivity contribution in [2.45, 2.75) is 19.9 Å². The molecule has 5 nitrogen and oxygen atoms in total. The summed E-state index contributed by atoms with van der Waals surface area (Å²) in [5.74, 6) is 0.658. The summed E-state index contributed by atoms with van der Waals surface area (Å²) in [7, 11) is 1.77. The first kappa shape index (κ1) is 11.4. The van der Waals surface area contributed by atoms with Crippen LogP contribution in [0.25, 0.3) is 0 Å². The van der Waals surface area contributed by atoms with Gasteiger partial charge in [-0.25, -0.2) is 0 Å². The van der Waals surface area contributed by atoms with Crippen LogP contribution in [0.5, 0.6) is 0 Å². The van der Waals surface area contributed by atoms with Gasteiger partial charge in [0.2, 0.25) is 5.91 Å². The van der Waals surface area contributed by atoms with Gasteiger partial charge in [-0.15, -0.1) is 5.10 Å². The number of nitrogens with one attached hydrogen (secondary N) is 1. The molecule has 0 bridgehead atoms. The maximum absolute atomic E-state index is 11.7. The first-order valence-corrected chi connectivity index (χ1v) is 4.94. The molecule has 0 fully saturated rings. The molecule has 1 heterocycles. The molecule has 1 aromatic rings. The minimum absolute atomic E-state index is 0.0446. The zero-order valence-corrected chi connectivity index (χ0v) is 9.27. The number of rotatable bonds is 4. The van der Waals surface area contributed by atoms with E-state index in [2.05, 4.69) is 15.5 Å². The summed E-state index contributed by atoms with van der Waals surface area (Å²) in [5.41, 5.74) is 0. The molecule has 0 aliphatic rings. The Labute approximate surface area is 89.5 Å². The Morgan fingerprint density at radius 1 is 1.67 bits per heavy atom. The van der Waals surface area contributed by atoms with Crippen molar-refractivity contribution in [1.29, 1.82) is 0 Å². The fourth-order valence-corrected chi connectivity index (χ4v) is 1.15. The van der Waals surface area contributed by atoms with E-state index in [1.165, 1.54) is 0 Å². The molecule has 82 valence electrons. The van der Waals surface area contributed by atoms with Crippen molar-refractivity contribution in [2.75, 3.05) is 18.9 Å². The van der Waals surface area contributed by atoms with Gasteiger partial charge in [0, 0.05) is 19.8 Å². The van der Waals surface area contributed by atoms with Crippen LogP contribution in [-0.4, -0.2) is 40.6 Å². The zero-order valence-electron chi connectivity index (χ0n) is 9.27. The van der Waals surface area contributed by atoms with Crippen molar-refractivity contribution >= 4 is 11.7 Å². The summed E-state index contributed by atoms with van der Waals surface area (Å²) in [4.78, 5) is 13.4. The Morgan fingerprint density at radius 2 is 2.40 bits per heavy atom. The minimum atomic E-state index is -0.286. The van der Waals surface area contributed by atoms with E-state index in [9.17, 15) is 4.79 Å². The first-order valence-electron chi connectivity index (χ1n) is 4.94. The lowest BCUT2D eigenvalue weighted by molar-refractivity contribution is -0.130. The van der Waals surface area contributed by atoms with E-state index in [1.54, 1.807) is 30.3 Å². The fourth-order valence-electron chi connectivity index (χ4n) is 1.15. The number of nitrogens with zero attached hydrogens (tertiary/aromatic N) is 3. The number of amides is 1. The van der Waals surface area contributed by atoms with Crippen LogP contribution in [0.1, 0.15) is 13.8 Å². The lowest BCUT2D eigenvalue weighted by Gasteiger charge is -2.20.